The molecular weight excluding hydrogens is 402 g/mol. The minimum atomic E-state index is -3.84. The van der Waals surface area contributed by atoms with Crippen molar-refractivity contribution in [2.45, 2.75) is 30.9 Å². The molecule has 7 nitrogen and oxygen atoms in total. The molecule has 1 aromatic heterocycles. The summed E-state index contributed by atoms with van der Waals surface area (Å²) in [6.45, 7) is 4.23. The molecule has 1 aromatic carbocycles. The fourth-order valence-electron chi connectivity index (χ4n) is 3.33. The molecule has 0 fully saturated rings. The molecule has 0 unspecified atom stereocenters. The van der Waals surface area contributed by atoms with Crippen molar-refractivity contribution in [3.8, 4) is 17.6 Å². The van der Waals surface area contributed by atoms with E-state index >= 15 is 0 Å². The van der Waals surface area contributed by atoms with Crippen LogP contribution in [-0.4, -0.2) is 61.7 Å². The molecule has 0 aliphatic carbocycles. The molecule has 160 valence electrons. The summed E-state index contributed by atoms with van der Waals surface area (Å²) in [5, 5.41) is 12.7. The fourth-order valence-corrected chi connectivity index (χ4v) is 5.15. The first-order valence-electron chi connectivity index (χ1n) is 9.87. The van der Waals surface area contributed by atoms with Gasteiger partial charge in [-0.2, -0.15) is 4.31 Å². The van der Waals surface area contributed by atoms with Crippen LogP contribution in [-0.2, 0) is 10.0 Å². The van der Waals surface area contributed by atoms with E-state index < -0.39 is 16.1 Å². The molecule has 3 atom stereocenters. The maximum Gasteiger partial charge on any atom is 0.247 e. The number of aliphatic hydroxyl groups excluding tert-OH is 1. The van der Waals surface area contributed by atoms with E-state index in [1.165, 1.54) is 10.4 Å². The summed E-state index contributed by atoms with van der Waals surface area (Å²) in [6.07, 6.45) is 3.10. The molecule has 2 N–H and O–H groups in total. The smallest absolute Gasteiger partial charge is 0.247 e. The number of sulfonamides is 1. The van der Waals surface area contributed by atoms with Crippen LogP contribution in [0.1, 0.15) is 25.0 Å². The Kier molecular flexibility index (Phi) is 7.10. The van der Waals surface area contributed by atoms with E-state index in [9.17, 15) is 13.5 Å². The molecular formula is C22H27N3O4S. The van der Waals surface area contributed by atoms with E-state index in [0.29, 0.717) is 12.1 Å². The molecule has 0 amide bonds. The van der Waals surface area contributed by atoms with E-state index in [1.807, 2.05) is 14.0 Å². The number of fused-ring (bicyclic) bond motifs is 1. The summed E-state index contributed by atoms with van der Waals surface area (Å²) in [5.41, 5.74) is 1.47. The van der Waals surface area contributed by atoms with Crippen LogP contribution >= 0.6 is 0 Å². The van der Waals surface area contributed by atoms with Gasteiger partial charge in [0, 0.05) is 48.6 Å². The number of nitrogens with one attached hydrogen (secondary N) is 1. The molecule has 8 heteroatoms. The van der Waals surface area contributed by atoms with Crippen LogP contribution in [0.15, 0.2) is 47.6 Å². The quantitative estimate of drug-likeness (QED) is 0.716. The van der Waals surface area contributed by atoms with Crippen LogP contribution in [0.2, 0.25) is 0 Å². The topological polar surface area (TPSA) is 91.8 Å². The number of hydrogen-bond donors (Lipinski definition) is 2. The third-order valence-electron chi connectivity index (χ3n) is 5.10. The number of ether oxygens (including phenoxy) is 1. The maximum atomic E-state index is 13.4. The Hall–Kier alpha value is -2.44. The molecule has 0 spiro atoms. The van der Waals surface area contributed by atoms with Gasteiger partial charge in [-0.05, 0) is 44.3 Å². The zero-order valence-electron chi connectivity index (χ0n) is 17.4. The lowest BCUT2D eigenvalue weighted by Crippen LogP contribution is -2.49. The number of hydrogen-bond acceptors (Lipinski definition) is 6. The summed E-state index contributed by atoms with van der Waals surface area (Å²) < 4.78 is 34.2. The number of likely N-dealkylation sites (N-methyl/N-ethyl adjacent to an activating group) is 1. The highest BCUT2D eigenvalue weighted by molar-refractivity contribution is 7.89. The summed E-state index contributed by atoms with van der Waals surface area (Å²) in [4.78, 5) is 4.06. The molecule has 2 heterocycles. The number of aromatic nitrogens is 1. The Morgan fingerprint density at radius 2 is 1.97 bits per heavy atom. The lowest BCUT2D eigenvalue weighted by molar-refractivity contribution is 0.103. The monoisotopic (exact) mass is 429 g/mol. The first kappa shape index (κ1) is 22.2. The Balaban J connectivity index is 2.07. The second kappa shape index (κ2) is 9.58. The Bertz CT molecular complexity index is 1030. The van der Waals surface area contributed by atoms with Gasteiger partial charge in [0.05, 0.1) is 6.61 Å². The van der Waals surface area contributed by atoms with E-state index in [-0.39, 0.29) is 35.8 Å². The zero-order valence-corrected chi connectivity index (χ0v) is 18.2. The molecule has 30 heavy (non-hydrogen) atoms. The molecule has 0 saturated carbocycles. The van der Waals surface area contributed by atoms with E-state index in [2.05, 4.69) is 22.1 Å². The molecule has 0 radical (unpaired) electrons. The highest BCUT2D eigenvalue weighted by Gasteiger charge is 2.37. The average molecular weight is 430 g/mol. The molecule has 1 aliphatic rings. The van der Waals surface area contributed by atoms with Crippen LogP contribution in [0.3, 0.4) is 0 Å². The van der Waals surface area contributed by atoms with Crippen molar-refractivity contribution >= 4 is 10.0 Å². The van der Waals surface area contributed by atoms with Crippen molar-refractivity contribution in [2.24, 2.45) is 5.92 Å². The van der Waals surface area contributed by atoms with Crippen LogP contribution in [0.4, 0.5) is 0 Å². The number of pyridine rings is 1. The lowest BCUT2D eigenvalue weighted by Gasteiger charge is -2.36. The molecule has 3 rings (SSSR count). The second-order valence-electron chi connectivity index (χ2n) is 7.44. The van der Waals surface area contributed by atoms with Gasteiger partial charge in [0.25, 0.3) is 0 Å². The predicted octanol–water partition coefficient (Wildman–Crippen LogP) is 1.47. The van der Waals surface area contributed by atoms with Crippen molar-refractivity contribution in [1.82, 2.24) is 14.6 Å². The van der Waals surface area contributed by atoms with Crippen molar-refractivity contribution in [3.05, 3.63) is 53.9 Å². The summed E-state index contributed by atoms with van der Waals surface area (Å²) in [6, 6.07) is 7.95. The van der Waals surface area contributed by atoms with Gasteiger partial charge < -0.3 is 15.2 Å². The number of benzene rings is 1. The first-order chi connectivity index (χ1) is 14.4. The van der Waals surface area contributed by atoms with Gasteiger partial charge in [-0.1, -0.05) is 18.8 Å². The second-order valence-corrected chi connectivity index (χ2v) is 9.30. The van der Waals surface area contributed by atoms with Crippen LogP contribution in [0.25, 0.3) is 0 Å². The van der Waals surface area contributed by atoms with Gasteiger partial charge >= 0.3 is 0 Å². The first-order valence-corrected chi connectivity index (χ1v) is 11.3. The average Bonchev–Trinajstić information content (AvgIpc) is 2.75. The van der Waals surface area contributed by atoms with Crippen LogP contribution < -0.4 is 10.1 Å². The largest absolute Gasteiger partial charge is 0.487 e. The van der Waals surface area contributed by atoms with Crippen LogP contribution in [0, 0.1) is 17.8 Å². The molecule has 1 aliphatic heterocycles. The highest BCUT2D eigenvalue weighted by Crippen LogP contribution is 2.33. The summed E-state index contributed by atoms with van der Waals surface area (Å²) >= 11 is 0. The molecule has 0 saturated heterocycles. The number of aliphatic hydroxyl groups is 1. The van der Waals surface area contributed by atoms with E-state index in [1.54, 1.807) is 43.6 Å². The van der Waals surface area contributed by atoms with E-state index in [0.717, 1.165) is 5.56 Å². The summed E-state index contributed by atoms with van der Waals surface area (Å²) in [5.74, 6) is 6.30. The van der Waals surface area contributed by atoms with Gasteiger partial charge in [0.1, 0.15) is 16.7 Å². The highest BCUT2D eigenvalue weighted by atomic mass is 32.2. The minimum absolute atomic E-state index is 0.0825. The lowest BCUT2D eigenvalue weighted by atomic mass is 10.0. The van der Waals surface area contributed by atoms with Gasteiger partial charge in [0.2, 0.25) is 10.0 Å². The number of nitrogens with zero attached hydrogens (tertiary/aromatic N) is 2. The van der Waals surface area contributed by atoms with Crippen molar-refractivity contribution in [3.63, 3.8) is 0 Å². The Labute approximate surface area is 178 Å². The zero-order chi connectivity index (χ0) is 21.7. The fraction of sp³-hybridized carbons (Fsp3) is 0.409. The van der Waals surface area contributed by atoms with Gasteiger partial charge in [-0.25, -0.2) is 8.42 Å². The van der Waals surface area contributed by atoms with Crippen molar-refractivity contribution in [2.75, 3.05) is 26.7 Å². The molecule has 0 bridgehead atoms. The van der Waals surface area contributed by atoms with Gasteiger partial charge in [-0.15, -0.1) is 0 Å². The SMILES string of the molecule is CNC[C@@H]1Oc2cc(C#Cc3ccncc3)ccc2S(=O)(=O)N([C@@H](C)CO)C[C@@H]1C. The Morgan fingerprint density at radius 1 is 1.27 bits per heavy atom. The standard InChI is InChI=1S/C22H27N3O4S/c1-16-14-25(17(2)15-26)30(27,28)22-7-6-19(5-4-18-8-10-24-11-9-18)12-20(22)29-21(16)13-23-3/h6-12,16-17,21,23,26H,13-15H2,1-3H3/t16-,17-,21-/m0/s1. The van der Waals surface area contributed by atoms with Gasteiger partial charge in [0.15, 0.2) is 0 Å². The third-order valence-corrected chi connectivity index (χ3v) is 7.12. The van der Waals surface area contributed by atoms with Crippen LogP contribution in [0.5, 0.6) is 5.75 Å². The minimum Gasteiger partial charge on any atom is -0.487 e. The predicted molar refractivity (Wildman–Crippen MR) is 115 cm³/mol. The van der Waals surface area contributed by atoms with Gasteiger partial charge in [-0.3, -0.25) is 4.98 Å². The third kappa shape index (κ3) is 4.82. The normalized spacial score (nSPS) is 21.9. The Morgan fingerprint density at radius 3 is 2.63 bits per heavy atom. The number of rotatable bonds is 4. The van der Waals surface area contributed by atoms with Crippen molar-refractivity contribution < 1.29 is 18.3 Å². The maximum absolute atomic E-state index is 13.4. The van der Waals surface area contributed by atoms with E-state index in [4.69, 9.17) is 4.74 Å². The summed E-state index contributed by atoms with van der Waals surface area (Å²) in [7, 11) is -2.01. The molecule has 2 aromatic rings. The van der Waals surface area contributed by atoms with Crippen molar-refractivity contribution in [1.29, 1.82) is 0 Å².